The lowest BCUT2D eigenvalue weighted by Gasteiger charge is -2.34. The number of aliphatic hydroxyl groups is 1. The molecule has 0 fully saturated rings. The van der Waals surface area contributed by atoms with Crippen LogP contribution in [-0.2, 0) is 16.0 Å². The maximum absolute atomic E-state index is 12.9. The van der Waals surface area contributed by atoms with Gasteiger partial charge < -0.3 is 15.3 Å². The second-order valence-electron chi connectivity index (χ2n) is 6.70. The van der Waals surface area contributed by atoms with E-state index in [2.05, 4.69) is 5.32 Å². The van der Waals surface area contributed by atoms with E-state index in [-0.39, 0.29) is 12.2 Å². The third-order valence-corrected chi connectivity index (χ3v) is 5.01. The van der Waals surface area contributed by atoms with Crippen LogP contribution in [0.5, 0.6) is 0 Å². The minimum Gasteiger partial charge on any atom is -0.396 e. The van der Waals surface area contributed by atoms with Crippen molar-refractivity contribution in [2.75, 3.05) is 20.7 Å². The van der Waals surface area contributed by atoms with E-state index in [9.17, 15) is 14.4 Å². The second-order valence-corrected chi connectivity index (χ2v) is 6.70. The first-order chi connectivity index (χ1) is 13.8. The summed E-state index contributed by atoms with van der Waals surface area (Å²) in [4.78, 5) is 38.2. The fourth-order valence-electron chi connectivity index (χ4n) is 2.95. The number of carbonyl (C=O) groups is 3. The van der Waals surface area contributed by atoms with Crippen molar-refractivity contribution in [1.29, 1.82) is 0 Å². The molecule has 0 bridgehead atoms. The normalized spacial score (nSPS) is 12.6. The zero-order valence-corrected chi connectivity index (χ0v) is 16.6. The molecule has 4 N–H and O–H groups in total. The molecule has 0 unspecified atom stereocenters. The van der Waals surface area contributed by atoms with Gasteiger partial charge in [0.15, 0.2) is 5.54 Å². The van der Waals surface area contributed by atoms with Gasteiger partial charge >= 0.3 is 0 Å². The third kappa shape index (κ3) is 4.44. The molecule has 8 nitrogen and oxygen atoms in total. The van der Waals surface area contributed by atoms with Gasteiger partial charge in [-0.2, -0.15) is 0 Å². The summed E-state index contributed by atoms with van der Waals surface area (Å²) in [5, 5.41) is 20.3. The first-order valence-corrected chi connectivity index (χ1v) is 9.04. The Morgan fingerprint density at radius 3 is 1.93 bits per heavy atom. The average molecular weight is 399 g/mol. The molecule has 0 aromatic heterocycles. The topological polar surface area (TPSA) is 119 Å². The van der Waals surface area contributed by atoms with E-state index in [4.69, 9.17) is 10.3 Å². The highest BCUT2D eigenvalue weighted by Crippen LogP contribution is 2.23. The van der Waals surface area contributed by atoms with E-state index in [0.717, 1.165) is 21.6 Å². The lowest BCUT2D eigenvalue weighted by atomic mass is 9.96. The lowest BCUT2D eigenvalue weighted by molar-refractivity contribution is -0.148. The van der Waals surface area contributed by atoms with Crippen molar-refractivity contribution in [2.24, 2.45) is 0 Å². The summed E-state index contributed by atoms with van der Waals surface area (Å²) in [7, 11) is 2.66. The summed E-state index contributed by atoms with van der Waals surface area (Å²) < 4.78 is 0. The molecule has 0 radical (unpaired) electrons. The number of amides is 3. The van der Waals surface area contributed by atoms with Crippen molar-refractivity contribution in [2.45, 2.75) is 18.9 Å². The van der Waals surface area contributed by atoms with Crippen molar-refractivity contribution < 1.29 is 24.7 Å². The minimum atomic E-state index is -1.93. The second kappa shape index (κ2) is 9.31. The Kier molecular flexibility index (Phi) is 7.08. The molecule has 0 saturated heterocycles. The summed E-state index contributed by atoms with van der Waals surface area (Å²) in [5.41, 5.74) is 2.67. The molecule has 0 spiro atoms. The van der Waals surface area contributed by atoms with Crippen LogP contribution in [0.1, 0.15) is 22.8 Å². The SMILES string of the molecule is CNC(=O)[C@@](C)(C(=O)NO)N(C)C(=O)c1ccc(-c2ccc(CCO)cc2)cc1. The zero-order valence-electron chi connectivity index (χ0n) is 16.6. The summed E-state index contributed by atoms with van der Waals surface area (Å²) >= 11 is 0. The molecule has 2 rings (SSSR count). The first-order valence-electron chi connectivity index (χ1n) is 9.04. The molecule has 0 aliphatic rings. The van der Waals surface area contributed by atoms with Crippen LogP contribution in [-0.4, -0.2) is 59.2 Å². The molecule has 154 valence electrons. The number of benzene rings is 2. The summed E-state index contributed by atoms with van der Waals surface area (Å²) in [6.45, 7) is 1.34. The number of hydrogen-bond donors (Lipinski definition) is 4. The number of nitrogens with zero attached hydrogens (tertiary/aromatic N) is 1. The summed E-state index contributed by atoms with van der Waals surface area (Å²) in [6.07, 6.45) is 0.589. The molecule has 2 aromatic carbocycles. The van der Waals surface area contributed by atoms with E-state index < -0.39 is 23.3 Å². The van der Waals surface area contributed by atoms with Crippen molar-refractivity contribution in [1.82, 2.24) is 15.7 Å². The van der Waals surface area contributed by atoms with Gasteiger partial charge in [0.1, 0.15) is 0 Å². The van der Waals surface area contributed by atoms with Crippen LogP contribution in [0.3, 0.4) is 0 Å². The largest absolute Gasteiger partial charge is 0.396 e. The molecule has 3 amide bonds. The molecule has 0 aliphatic carbocycles. The van der Waals surface area contributed by atoms with E-state index in [1.165, 1.54) is 26.5 Å². The van der Waals surface area contributed by atoms with Crippen LogP contribution in [0, 0.1) is 0 Å². The molecule has 0 aliphatic heterocycles. The number of hydroxylamine groups is 1. The quantitative estimate of drug-likeness (QED) is 0.314. The van der Waals surface area contributed by atoms with Crippen molar-refractivity contribution in [3.8, 4) is 11.1 Å². The van der Waals surface area contributed by atoms with Crippen molar-refractivity contribution in [3.05, 3.63) is 59.7 Å². The van der Waals surface area contributed by atoms with Gasteiger partial charge in [-0.15, -0.1) is 0 Å². The predicted molar refractivity (Wildman–Crippen MR) is 107 cm³/mol. The van der Waals surface area contributed by atoms with E-state index >= 15 is 0 Å². The summed E-state index contributed by atoms with van der Waals surface area (Å²) in [6, 6.07) is 14.5. The van der Waals surface area contributed by atoms with Crippen LogP contribution >= 0.6 is 0 Å². The fraction of sp³-hybridized carbons (Fsp3) is 0.286. The Labute approximate surface area is 169 Å². The standard InChI is InChI=1S/C21H25N3O5/c1-21(19(27)22-2,20(28)23-29)24(3)18(26)17-10-8-16(9-11-17)15-6-4-14(5-7-15)12-13-25/h4-11,25,29H,12-13H2,1-3H3,(H,22,27)(H,23,28)/t21-/m0/s1. The number of nitrogens with one attached hydrogen (secondary N) is 2. The van der Waals surface area contributed by atoms with Crippen LogP contribution in [0.15, 0.2) is 48.5 Å². The highest BCUT2D eigenvalue weighted by Gasteiger charge is 2.47. The molecule has 0 heterocycles. The van der Waals surface area contributed by atoms with Crippen LogP contribution in [0.4, 0.5) is 0 Å². The smallest absolute Gasteiger partial charge is 0.278 e. The van der Waals surface area contributed by atoms with Gasteiger partial charge in [-0.05, 0) is 42.2 Å². The van der Waals surface area contributed by atoms with Gasteiger partial charge in [-0.3, -0.25) is 19.6 Å². The van der Waals surface area contributed by atoms with Crippen molar-refractivity contribution >= 4 is 17.7 Å². The van der Waals surface area contributed by atoms with E-state index in [0.29, 0.717) is 6.42 Å². The third-order valence-electron chi connectivity index (χ3n) is 5.01. The van der Waals surface area contributed by atoms with E-state index in [1.54, 1.807) is 24.3 Å². The maximum Gasteiger partial charge on any atom is 0.278 e. The monoisotopic (exact) mass is 399 g/mol. The predicted octanol–water partition coefficient (Wildman–Crippen LogP) is 0.971. The molecule has 2 aromatic rings. The average Bonchev–Trinajstić information content (AvgIpc) is 2.77. The molecule has 8 heteroatoms. The highest BCUT2D eigenvalue weighted by atomic mass is 16.5. The summed E-state index contributed by atoms with van der Waals surface area (Å²) in [5.74, 6) is -2.31. The zero-order chi connectivity index (χ0) is 21.6. The molecule has 0 saturated carbocycles. The Hall–Kier alpha value is -3.23. The molecule has 29 heavy (non-hydrogen) atoms. The Balaban J connectivity index is 2.26. The maximum atomic E-state index is 12.9. The minimum absolute atomic E-state index is 0.0902. The van der Waals surface area contributed by atoms with Crippen LogP contribution in [0.2, 0.25) is 0 Å². The van der Waals surface area contributed by atoms with E-state index in [1.807, 2.05) is 24.3 Å². The van der Waals surface area contributed by atoms with Gasteiger partial charge in [-0.1, -0.05) is 36.4 Å². The number of aliphatic hydroxyl groups excluding tert-OH is 1. The Morgan fingerprint density at radius 1 is 0.966 bits per heavy atom. The number of hydrogen-bond acceptors (Lipinski definition) is 5. The number of rotatable bonds is 7. The molecular weight excluding hydrogens is 374 g/mol. The Bertz CT molecular complexity index is 862. The number of likely N-dealkylation sites (N-methyl/N-ethyl adjacent to an activating group) is 2. The highest BCUT2D eigenvalue weighted by molar-refractivity contribution is 6.12. The first kappa shape index (κ1) is 22.1. The van der Waals surface area contributed by atoms with Gasteiger partial charge in [0.25, 0.3) is 17.7 Å². The van der Waals surface area contributed by atoms with Gasteiger partial charge in [0, 0.05) is 26.3 Å². The fourth-order valence-corrected chi connectivity index (χ4v) is 2.95. The van der Waals surface area contributed by atoms with Gasteiger partial charge in [0.05, 0.1) is 0 Å². The molecule has 1 atom stereocenters. The lowest BCUT2D eigenvalue weighted by Crippen LogP contribution is -2.64. The Morgan fingerprint density at radius 2 is 1.48 bits per heavy atom. The molecular formula is C21H25N3O5. The van der Waals surface area contributed by atoms with Crippen LogP contribution in [0.25, 0.3) is 11.1 Å². The van der Waals surface area contributed by atoms with Gasteiger partial charge in [-0.25, -0.2) is 5.48 Å². The van der Waals surface area contributed by atoms with Gasteiger partial charge in [0.2, 0.25) is 0 Å². The number of carbonyl (C=O) groups excluding carboxylic acids is 3. The van der Waals surface area contributed by atoms with Crippen LogP contribution < -0.4 is 10.8 Å². The van der Waals surface area contributed by atoms with Crippen molar-refractivity contribution in [3.63, 3.8) is 0 Å².